The molecule has 0 unspecified atom stereocenters. The maximum absolute atomic E-state index is 12.5. The average Bonchev–Trinajstić information content (AvgIpc) is 2.68. The van der Waals surface area contributed by atoms with Gasteiger partial charge < -0.3 is 9.16 Å². The van der Waals surface area contributed by atoms with E-state index in [1.165, 1.54) is 52.1 Å². The number of ether oxygens (including phenoxy) is 1. The van der Waals surface area contributed by atoms with Crippen LogP contribution in [-0.4, -0.2) is 33.8 Å². The van der Waals surface area contributed by atoms with E-state index in [9.17, 15) is 9.59 Å². The van der Waals surface area contributed by atoms with Gasteiger partial charge in [0.1, 0.15) is 0 Å². The molecular weight excluding hydrogens is 392 g/mol. The van der Waals surface area contributed by atoms with Crippen molar-refractivity contribution in [1.82, 2.24) is 0 Å². The highest BCUT2D eigenvalue weighted by Crippen LogP contribution is 2.36. The number of hydrogen-bond donors (Lipinski definition) is 0. The van der Waals surface area contributed by atoms with E-state index in [4.69, 9.17) is 9.16 Å². The predicted molar refractivity (Wildman–Crippen MR) is 129 cm³/mol. The maximum atomic E-state index is 12.5. The van der Waals surface area contributed by atoms with Crippen LogP contribution in [0.15, 0.2) is 11.6 Å². The van der Waals surface area contributed by atoms with Crippen LogP contribution in [-0.2, 0) is 18.8 Å². The zero-order chi connectivity index (χ0) is 23.0. The summed E-state index contributed by atoms with van der Waals surface area (Å²) in [4.78, 5) is 24.6. The first-order chi connectivity index (χ1) is 14.1. The second-order valence-corrected chi connectivity index (χ2v) is 14.7. The zero-order valence-electron chi connectivity index (χ0n) is 20.9. The second-order valence-electron chi connectivity index (χ2n) is 9.86. The molecule has 0 bridgehead atoms. The van der Waals surface area contributed by atoms with Gasteiger partial charge in [0.25, 0.3) is 0 Å². The first kappa shape index (κ1) is 29.1. The largest absolute Gasteiger partial charge is 0.465 e. The van der Waals surface area contributed by atoms with E-state index in [-0.39, 0.29) is 16.4 Å². The Morgan fingerprint density at radius 3 is 1.90 bits per heavy atom. The van der Waals surface area contributed by atoms with Gasteiger partial charge in [-0.25, -0.2) is 4.79 Å². The van der Waals surface area contributed by atoms with Crippen LogP contribution >= 0.6 is 0 Å². The van der Waals surface area contributed by atoms with E-state index in [0.29, 0.717) is 19.4 Å². The van der Waals surface area contributed by atoms with Crippen molar-refractivity contribution in [3.05, 3.63) is 11.6 Å². The van der Waals surface area contributed by atoms with Crippen LogP contribution in [0.1, 0.15) is 105 Å². The highest BCUT2D eigenvalue weighted by atomic mass is 28.4. The molecule has 0 amide bonds. The van der Waals surface area contributed by atoms with Gasteiger partial charge >= 0.3 is 5.97 Å². The molecule has 0 fully saturated rings. The third-order valence-corrected chi connectivity index (χ3v) is 10.7. The number of rotatable bonds is 17. The van der Waals surface area contributed by atoms with Crippen molar-refractivity contribution in [2.75, 3.05) is 13.7 Å². The van der Waals surface area contributed by atoms with Crippen molar-refractivity contribution < 1.29 is 18.8 Å². The minimum Gasteiger partial charge on any atom is -0.465 e. The summed E-state index contributed by atoms with van der Waals surface area (Å²) in [6.45, 7) is 13.8. The van der Waals surface area contributed by atoms with Crippen molar-refractivity contribution in [1.29, 1.82) is 0 Å². The van der Waals surface area contributed by atoms with Crippen molar-refractivity contribution in [3.8, 4) is 0 Å². The van der Waals surface area contributed by atoms with Gasteiger partial charge in [-0.2, -0.15) is 0 Å². The standard InChI is InChI=1S/C25H48O4Si/c1-8-9-10-11-12-13-14-15-16-17-19-22(24(27)28-5)23(26)20-18-21-29-30(6,7)25(2,3)4/h19H,8-18,20-21H2,1-7H3. The molecule has 0 aliphatic carbocycles. The smallest absolute Gasteiger partial charge is 0.341 e. The van der Waals surface area contributed by atoms with Crippen LogP contribution in [0.2, 0.25) is 18.1 Å². The van der Waals surface area contributed by atoms with Gasteiger partial charge in [0.05, 0.1) is 12.7 Å². The molecule has 0 radical (unpaired) electrons. The van der Waals surface area contributed by atoms with Gasteiger partial charge in [-0.15, -0.1) is 0 Å². The molecule has 0 N–H and O–H groups in total. The number of hydrogen-bond acceptors (Lipinski definition) is 4. The summed E-state index contributed by atoms with van der Waals surface area (Å²) in [6, 6.07) is 0. The third kappa shape index (κ3) is 12.7. The summed E-state index contributed by atoms with van der Waals surface area (Å²) < 4.78 is 11.0. The molecule has 0 spiro atoms. The van der Waals surface area contributed by atoms with E-state index in [2.05, 4.69) is 40.8 Å². The lowest BCUT2D eigenvalue weighted by Gasteiger charge is -2.36. The normalized spacial score (nSPS) is 12.8. The molecule has 0 aromatic rings. The molecule has 5 heteroatoms. The van der Waals surface area contributed by atoms with Gasteiger partial charge in [0.2, 0.25) is 0 Å². The highest BCUT2D eigenvalue weighted by molar-refractivity contribution is 6.74. The maximum Gasteiger partial charge on any atom is 0.341 e. The average molecular weight is 441 g/mol. The van der Waals surface area contributed by atoms with Crippen LogP contribution in [0.3, 0.4) is 0 Å². The summed E-state index contributed by atoms with van der Waals surface area (Å²) in [5.74, 6) is -0.641. The zero-order valence-corrected chi connectivity index (χ0v) is 21.9. The van der Waals surface area contributed by atoms with E-state index >= 15 is 0 Å². The number of unbranched alkanes of at least 4 members (excludes halogenated alkanes) is 9. The van der Waals surface area contributed by atoms with Crippen molar-refractivity contribution in [2.45, 2.75) is 123 Å². The Bertz CT molecular complexity index is 518. The van der Waals surface area contributed by atoms with Gasteiger partial charge in [-0.3, -0.25) is 4.79 Å². The molecule has 4 nitrogen and oxygen atoms in total. The Kier molecular flexibility index (Phi) is 15.3. The molecule has 0 aromatic carbocycles. The minimum absolute atomic E-state index is 0.128. The Balaban J connectivity index is 4.27. The molecule has 0 saturated heterocycles. The Morgan fingerprint density at radius 1 is 0.867 bits per heavy atom. The molecule has 0 atom stereocenters. The number of carbonyl (C=O) groups is 2. The molecule has 0 aromatic heterocycles. The summed E-state index contributed by atoms with van der Waals surface area (Å²) in [6.07, 6.45) is 14.8. The second kappa shape index (κ2) is 15.8. The number of ketones is 1. The van der Waals surface area contributed by atoms with Crippen LogP contribution in [0.25, 0.3) is 0 Å². The molecule has 30 heavy (non-hydrogen) atoms. The van der Waals surface area contributed by atoms with Gasteiger partial charge in [0, 0.05) is 13.0 Å². The summed E-state index contributed by atoms with van der Waals surface area (Å²) in [5.41, 5.74) is 0.212. The number of carbonyl (C=O) groups excluding carboxylic acids is 2. The fraction of sp³-hybridized carbons (Fsp3) is 0.840. The number of allylic oxidation sites excluding steroid dienone is 1. The van der Waals surface area contributed by atoms with Gasteiger partial charge in [-0.1, -0.05) is 85.1 Å². The first-order valence-corrected chi connectivity index (χ1v) is 14.9. The molecule has 0 saturated carbocycles. The van der Waals surface area contributed by atoms with Crippen molar-refractivity contribution in [2.24, 2.45) is 0 Å². The predicted octanol–water partition coefficient (Wildman–Crippen LogP) is 7.38. The molecule has 0 aliphatic heterocycles. The number of esters is 1. The molecule has 0 rings (SSSR count). The van der Waals surface area contributed by atoms with Crippen LogP contribution in [0.5, 0.6) is 0 Å². The summed E-state index contributed by atoms with van der Waals surface area (Å²) in [7, 11) is -0.461. The Morgan fingerprint density at radius 2 is 1.40 bits per heavy atom. The van der Waals surface area contributed by atoms with Gasteiger partial charge in [0.15, 0.2) is 14.1 Å². The summed E-state index contributed by atoms with van der Waals surface area (Å²) >= 11 is 0. The fourth-order valence-electron chi connectivity index (χ4n) is 3.03. The van der Waals surface area contributed by atoms with E-state index in [1.54, 1.807) is 6.08 Å². The lowest BCUT2D eigenvalue weighted by molar-refractivity contribution is -0.137. The molecular formula is C25H48O4Si. The van der Waals surface area contributed by atoms with Crippen LogP contribution in [0.4, 0.5) is 0 Å². The van der Waals surface area contributed by atoms with E-state index in [1.807, 2.05) is 0 Å². The highest BCUT2D eigenvalue weighted by Gasteiger charge is 2.36. The number of Topliss-reactive ketones (excluding diaryl/α,β-unsaturated/α-hetero) is 1. The topological polar surface area (TPSA) is 52.6 Å². The van der Waals surface area contributed by atoms with Crippen molar-refractivity contribution in [3.63, 3.8) is 0 Å². The molecule has 0 heterocycles. The molecule has 176 valence electrons. The lowest BCUT2D eigenvalue weighted by atomic mass is 10.0. The van der Waals surface area contributed by atoms with Crippen LogP contribution in [0, 0.1) is 0 Å². The number of methoxy groups -OCH3 is 1. The van der Waals surface area contributed by atoms with Gasteiger partial charge in [-0.05, 0) is 37.4 Å². The lowest BCUT2D eigenvalue weighted by Crippen LogP contribution is -2.41. The van der Waals surface area contributed by atoms with Crippen molar-refractivity contribution >= 4 is 20.1 Å². The van der Waals surface area contributed by atoms with E-state index in [0.717, 1.165) is 19.3 Å². The fourth-order valence-corrected chi connectivity index (χ4v) is 4.12. The Labute approximate surface area is 187 Å². The summed E-state index contributed by atoms with van der Waals surface area (Å²) in [5, 5.41) is 0.156. The minimum atomic E-state index is -1.80. The quantitative estimate of drug-likeness (QED) is 0.0591. The molecule has 0 aliphatic rings. The third-order valence-electron chi connectivity index (χ3n) is 6.18. The first-order valence-electron chi connectivity index (χ1n) is 12.0. The monoisotopic (exact) mass is 440 g/mol. The Hall–Kier alpha value is -0.943. The SMILES string of the molecule is CCCCCCCCCCCC=C(C(=O)CCCO[Si](C)(C)C(C)(C)C)C(=O)OC. The van der Waals surface area contributed by atoms with Crippen LogP contribution < -0.4 is 0 Å². The van der Waals surface area contributed by atoms with E-state index < -0.39 is 14.3 Å².